The van der Waals surface area contributed by atoms with Gasteiger partial charge in [-0.05, 0) is 52.1 Å². The summed E-state index contributed by atoms with van der Waals surface area (Å²) in [6.07, 6.45) is 12.7. The van der Waals surface area contributed by atoms with Gasteiger partial charge in [-0.1, -0.05) is 19.3 Å². The number of nitrogens with one attached hydrogen (secondary N) is 1. The summed E-state index contributed by atoms with van der Waals surface area (Å²) in [5, 5.41) is 3.36. The van der Waals surface area contributed by atoms with Crippen LogP contribution in [0, 0.1) is 0 Å². The fraction of sp³-hybridized carbons (Fsp3) is 1.00. The van der Waals surface area contributed by atoms with Crippen molar-refractivity contribution in [3.05, 3.63) is 0 Å². The fourth-order valence-corrected chi connectivity index (χ4v) is 4.44. The molecule has 3 aliphatic rings. The van der Waals surface area contributed by atoms with Crippen LogP contribution in [0.2, 0.25) is 0 Å². The van der Waals surface area contributed by atoms with Crippen LogP contribution in [-0.4, -0.2) is 49.3 Å². The first-order valence-electron chi connectivity index (χ1n) is 8.38. The van der Waals surface area contributed by atoms with E-state index in [9.17, 15) is 0 Å². The van der Waals surface area contributed by atoms with Gasteiger partial charge < -0.3 is 10.1 Å². The Labute approximate surface area is 118 Å². The number of likely N-dealkylation sites (N-methyl/N-ethyl adjacent to an activating group) is 1. The van der Waals surface area contributed by atoms with Crippen molar-refractivity contribution < 1.29 is 4.74 Å². The highest BCUT2D eigenvalue weighted by molar-refractivity contribution is 4.94. The lowest BCUT2D eigenvalue weighted by molar-refractivity contribution is -0.0538. The number of ether oxygens (including phenoxy) is 1. The first-order chi connectivity index (χ1) is 9.31. The molecule has 3 heteroatoms. The molecule has 3 fully saturated rings. The predicted molar refractivity (Wildman–Crippen MR) is 78.4 cm³/mol. The quantitative estimate of drug-likeness (QED) is 0.846. The maximum absolute atomic E-state index is 6.48. The van der Waals surface area contributed by atoms with Crippen molar-refractivity contribution in [1.82, 2.24) is 10.2 Å². The van der Waals surface area contributed by atoms with Crippen LogP contribution in [0.1, 0.15) is 57.8 Å². The lowest BCUT2D eigenvalue weighted by Crippen LogP contribution is -2.48. The maximum Gasteiger partial charge on any atom is 0.0710 e. The largest absolute Gasteiger partial charge is 0.370 e. The van der Waals surface area contributed by atoms with Crippen molar-refractivity contribution in [3.63, 3.8) is 0 Å². The van der Waals surface area contributed by atoms with Gasteiger partial charge >= 0.3 is 0 Å². The van der Waals surface area contributed by atoms with Gasteiger partial charge in [0.05, 0.1) is 11.7 Å². The molecule has 0 aromatic rings. The lowest BCUT2D eigenvalue weighted by atomic mass is 9.98. The summed E-state index contributed by atoms with van der Waals surface area (Å²) in [6.45, 7) is 3.59. The van der Waals surface area contributed by atoms with Crippen LogP contribution in [0.25, 0.3) is 0 Å². The van der Waals surface area contributed by atoms with E-state index in [1.54, 1.807) is 0 Å². The minimum Gasteiger partial charge on any atom is -0.370 e. The lowest BCUT2D eigenvalue weighted by Gasteiger charge is -2.37. The number of hydrogen-bond donors (Lipinski definition) is 1. The molecule has 2 heterocycles. The van der Waals surface area contributed by atoms with Gasteiger partial charge in [0, 0.05) is 19.1 Å². The third-order valence-corrected chi connectivity index (χ3v) is 5.48. The van der Waals surface area contributed by atoms with Crippen LogP contribution in [0.15, 0.2) is 0 Å². The van der Waals surface area contributed by atoms with Crippen molar-refractivity contribution >= 4 is 0 Å². The topological polar surface area (TPSA) is 24.5 Å². The zero-order valence-electron chi connectivity index (χ0n) is 12.5. The van der Waals surface area contributed by atoms with E-state index in [0.717, 1.165) is 12.6 Å². The second-order valence-corrected chi connectivity index (χ2v) is 6.87. The second-order valence-electron chi connectivity index (χ2n) is 6.87. The average molecular weight is 266 g/mol. The van der Waals surface area contributed by atoms with E-state index in [2.05, 4.69) is 17.3 Å². The third-order valence-electron chi connectivity index (χ3n) is 5.48. The summed E-state index contributed by atoms with van der Waals surface area (Å²) in [4.78, 5) is 2.69. The molecule has 2 saturated heterocycles. The molecule has 0 radical (unpaired) electrons. The monoisotopic (exact) mass is 266 g/mol. The van der Waals surface area contributed by atoms with Gasteiger partial charge in [0.1, 0.15) is 0 Å². The minimum atomic E-state index is 0.305. The smallest absolute Gasteiger partial charge is 0.0710 e. The SMILES string of the molecule is CNCC1CCCCN1CC1CCC2(CCCC2)O1. The summed E-state index contributed by atoms with van der Waals surface area (Å²) in [6, 6.07) is 0.738. The van der Waals surface area contributed by atoms with E-state index < -0.39 is 0 Å². The Balaban J connectivity index is 1.52. The maximum atomic E-state index is 6.48. The van der Waals surface area contributed by atoms with Crippen molar-refractivity contribution in [2.24, 2.45) is 0 Å². The van der Waals surface area contributed by atoms with Gasteiger partial charge in [0.25, 0.3) is 0 Å². The highest BCUT2D eigenvalue weighted by Gasteiger charge is 2.42. The average Bonchev–Trinajstić information content (AvgIpc) is 3.03. The molecular formula is C16H30N2O. The molecule has 0 amide bonds. The number of nitrogens with zero attached hydrogens (tertiary/aromatic N) is 1. The molecule has 110 valence electrons. The Morgan fingerprint density at radius 2 is 1.95 bits per heavy atom. The molecule has 1 spiro atoms. The van der Waals surface area contributed by atoms with Crippen LogP contribution in [0.4, 0.5) is 0 Å². The summed E-state index contributed by atoms with van der Waals surface area (Å²) in [5.74, 6) is 0. The number of rotatable bonds is 4. The van der Waals surface area contributed by atoms with Crippen LogP contribution in [0.3, 0.4) is 0 Å². The van der Waals surface area contributed by atoms with Crippen LogP contribution in [0.5, 0.6) is 0 Å². The molecule has 0 bridgehead atoms. The van der Waals surface area contributed by atoms with E-state index in [4.69, 9.17) is 4.74 Å². The highest BCUT2D eigenvalue weighted by atomic mass is 16.5. The van der Waals surface area contributed by atoms with E-state index in [1.165, 1.54) is 70.9 Å². The zero-order chi connectivity index (χ0) is 13.1. The Hall–Kier alpha value is -0.120. The number of likely N-dealkylation sites (tertiary alicyclic amines) is 1. The minimum absolute atomic E-state index is 0.305. The Morgan fingerprint density at radius 3 is 2.74 bits per heavy atom. The highest BCUT2D eigenvalue weighted by Crippen LogP contribution is 2.43. The molecular weight excluding hydrogens is 236 g/mol. The van der Waals surface area contributed by atoms with E-state index in [-0.39, 0.29) is 0 Å². The van der Waals surface area contributed by atoms with Crippen molar-refractivity contribution in [1.29, 1.82) is 0 Å². The standard InChI is InChI=1S/C16H30N2O/c1-17-12-14-6-2-5-11-18(14)13-15-7-10-16(19-15)8-3-4-9-16/h14-15,17H,2-13H2,1H3. The number of hydrogen-bond acceptors (Lipinski definition) is 3. The van der Waals surface area contributed by atoms with E-state index >= 15 is 0 Å². The first-order valence-corrected chi connectivity index (χ1v) is 8.38. The fourth-order valence-electron chi connectivity index (χ4n) is 4.44. The van der Waals surface area contributed by atoms with Gasteiger partial charge in [-0.15, -0.1) is 0 Å². The van der Waals surface area contributed by atoms with E-state index in [0.29, 0.717) is 11.7 Å². The summed E-state index contributed by atoms with van der Waals surface area (Å²) in [5.41, 5.74) is 0.305. The second kappa shape index (κ2) is 6.11. The Bertz CT molecular complexity index is 286. The summed E-state index contributed by atoms with van der Waals surface area (Å²) < 4.78 is 6.48. The van der Waals surface area contributed by atoms with Crippen molar-refractivity contribution in [3.8, 4) is 0 Å². The molecule has 0 aromatic carbocycles. The van der Waals surface area contributed by atoms with Crippen LogP contribution >= 0.6 is 0 Å². The number of piperidine rings is 1. The molecule has 3 rings (SSSR count). The van der Waals surface area contributed by atoms with Crippen LogP contribution < -0.4 is 5.32 Å². The van der Waals surface area contributed by atoms with Gasteiger partial charge in [-0.25, -0.2) is 0 Å². The zero-order valence-corrected chi connectivity index (χ0v) is 12.5. The molecule has 1 N–H and O–H groups in total. The summed E-state index contributed by atoms with van der Waals surface area (Å²) >= 11 is 0. The Kier molecular flexibility index (Phi) is 4.45. The molecule has 0 aromatic heterocycles. The van der Waals surface area contributed by atoms with Crippen molar-refractivity contribution in [2.75, 3.05) is 26.7 Å². The molecule has 1 saturated carbocycles. The molecule has 2 aliphatic heterocycles. The van der Waals surface area contributed by atoms with E-state index in [1.807, 2.05) is 0 Å². The van der Waals surface area contributed by atoms with Crippen LogP contribution in [-0.2, 0) is 4.74 Å². The van der Waals surface area contributed by atoms with Gasteiger partial charge in [0.15, 0.2) is 0 Å². The van der Waals surface area contributed by atoms with Gasteiger partial charge in [0.2, 0.25) is 0 Å². The molecule has 3 nitrogen and oxygen atoms in total. The first kappa shape index (κ1) is 13.8. The predicted octanol–water partition coefficient (Wildman–Crippen LogP) is 2.55. The third kappa shape index (κ3) is 3.14. The molecule has 2 atom stereocenters. The van der Waals surface area contributed by atoms with Crippen molar-refractivity contribution in [2.45, 2.75) is 75.5 Å². The molecule has 2 unspecified atom stereocenters. The molecule has 19 heavy (non-hydrogen) atoms. The summed E-state index contributed by atoms with van der Waals surface area (Å²) in [7, 11) is 2.08. The normalized spacial score (nSPS) is 35.2. The Morgan fingerprint density at radius 1 is 1.11 bits per heavy atom. The van der Waals surface area contributed by atoms with Gasteiger partial charge in [-0.2, -0.15) is 0 Å². The molecule has 1 aliphatic carbocycles. The van der Waals surface area contributed by atoms with Gasteiger partial charge in [-0.3, -0.25) is 4.90 Å².